The molecule has 3 N–H and O–H groups in total. The summed E-state index contributed by atoms with van der Waals surface area (Å²) in [6.07, 6.45) is 3.78. The smallest absolute Gasteiger partial charge is 0.255 e. The number of benzene rings is 2. The summed E-state index contributed by atoms with van der Waals surface area (Å²) in [4.78, 5) is 23.6. The van der Waals surface area contributed by atoms with E-state index in [0.29, 0.717) is 35.7 Å². The molecule has 0 radical (unpaired) electrons. The van der Waals surface area contributed by atoms with Gasteiger partial charge in [-0.2, -0.15) is 4.31 Å². The highest BCUT2D eigenvalue weighted by molar-refractivity contribution is 7.89. The predicted octanol–water partition coefficient (Wildman–Crippen LogP) is 2.68. The second-order valence-electron chi connectivity index (χ2n) is 7.53. The lowest BCUT2D eigenvalue weighted by Crippen LogP contribution is -2.32. The average molecular weight is 446 g/mol. The summed E-state index contributed by atoms with van der Waals surface area (Å²) in [5, 5.41) is 2.75. The number of hydrogen-bond donors (Lipinski definition) is 2. The third-order valence-electron chi connectivity index (χ3n) is 5.13. The highest BCUT2D eigenvalue weighted by atomic mass is 32.2. The highest BCUT2D eigenvalue weighted by Gasteiger charge is 2.27. The van der Waals surface area contributed by atoms with Gasteiger partial charge in [0.05, 0.1) is 4.90 Å². The Labute approximate surface area is 182 Å². The molecule has 0 saturated carbocycles. The first-order valence-corrected chi connectivity index (χ1v) is 11.6. The van der Waals surface area contributed by atoms with Crippen molar-refractivity contribution in [1.82, 2.24) is 4.31 Å². The van der Waals surface area contributed by atoms with Crippen molar-refractivity contribution in [3.05, 3.63) is 53.6 Å². The molecule has 1 fully saturated rings. The van der Waals surface area contributed by atoms with E-state index in [4.69, 9.17) is 10.5 Å². The third kappa shape index (κ3) is 5.83. The van der Waals surface area contributed by atoms with E-state index in [1.54, 1.807) is 47.6 Å². The van der Waals surface area contributed by atoms with Crippen molar-refractivity contribution in [3.8, 4) is 5.75 Å². The zero-order valence-corrected chi connectivity index (χ0v) is 18.3. The molecule has 0 spiro atoms. The van der Waals surface area contributed by atoms with Crippen molar-refractivity contribution in [2.24, 2.45) is 5.73 Å². The second kappa shape index (κ2) is 9.93. The van der Waals surface area contributed by atoms with Gasteiger partial charge in [0.15, 0.2) is 6.61 Å². The maximum atomic E-state index is 13.2. The summed E-state index contributed by atoms with van der Waals surface area (Å²) < 4.78 is 33.1. The van der Waals surface area contributed by atoms with Crippen molar-refractivity contribution in [1.29, 1.82) is 0 Å². The summed E-state index contributed by atoms with van der Waals surface area (Å²) in [7, 11) is -3.63. The second-order valence-corrected chi connectivity index (χ2v) is 9.44. The SMILES string of the molecule is Cc1ccc(NC(=O)c2ccc(OCC(N)=O)cc2)cc1S(=O)(=O)N1CCCCCC1. The maximum Gasteiger partial charge on any atom is 0.255 e. The first kappa shape index (κ1) is 22.8. The normalized spacial score (nSPS) is 15.1. The summed E-state index contributed by atoms with van der Waals surface area (Å²) in [6, 6.07) is 11.1. The number of aryl methyl sites for hydroxylation is 1. The largest absolute Gasteiger partial charge is 0.484 e. The molecule has 0 bridgehead atoms. The lowest BCUT2D eigenvalue weighted by atomic mass is 10.2. The molecular weight excluding hydrogens is 418 g/mol. The monoisotopic (exact) mass is 445 g/mol. The fraction of sp³-hybridized carbons (Fsp3) is 0.364. The van der Waals surface area contributed by atoms with E-state index in [-0.39, 0.29) is 17.4 Å². The van der Waals surface area contributed by atoms with Crippen molar-refractivity contribution in [2.45, 2.75) is 37.5 Å². The number of sulfonamides is 1. The maximum absolute atomic E-state index is 13.2. The fourth-order valence-corrected chi connectivity index (χ4v) is 5.21. The van der Waals surface area contributed by atoms with Crippen LogP contribution in [-0.2, 0) is 14.8 Å². The Hall–Kier alpha value is -2.91. The highest BCUT2D eigenvalue weighted by Crippen LogP contribution is 2.26. The molecule has 9 heteroatoms. The molecule has 2 aromatic rings. The van der Waals surface area contributed by atoms with Crippen LogP contribution in [0.2, 0.25) is 0 Å². The van der Waals surface area contributed by atoms with Gasteiger partial charge in [0.25, 0.3) is 11.8 Å². The number of carbonyl (C=O) groups is 2. The number of nitrogens with zero attached hydrogens (tertiary/aromatic N) is 1. The van der Waals surface area contributed by atoms with Gasteiger partial charge in [-0.15, -0.1) is 0 Å². The van der Waals surface area contributed by atoms with E-state index in [9.17, 15) is 18.0 Å². The number of nitrogens with one attached hydrogen (secondary N) is 1. The minimum Gasteiger partial charge on any atom is -0.484 e. The summed E-state index contributed by atoms with van der Waals surface area (Å²) in [5.41, 5.74) is 6.44. The number of primary amides is 1. The lowest BCUT2D eigenvalue weighted by molar-refractivity contribution is -0.119. The van der Waals surface area contributed by atoms with Gasteiger partial charge in [0, 0.05) is 24.3 Å². The number of anilines is 1. The summed E-state index contributed by atoms with van der Waals surface area (Å²) >= 11 is 0. The Kier molecular flexibility index (Phi) is 7.29. The van der Waals surface area contributed by atoms with Gasteiger partial charge in [-0.3, -0.25) is 9.59 Å². The Balaban J connectivity index is 1.75. The summed E-state index contributed by atoms with van der Waals surface area (Å²) in [5.74, 6) is -0.563. The molecule has 31 heavy (non-hydrogen) atoms. The van der Waals surface area contributed by atoms with Crippen molar-refractivity contribution < 1.29 is 22.7 Å². The van der Waals surface area contributed by atoms with Crippen LogP contribution in [0, 0.1) is 6.92 Å². The molecule has 2 amide bonds. The van der Waals surface area contributed by atoms with Crippen LogP contribution in [0.25, 0.3) is 0 Å². The Morgan fingerprint density at radius 1 is 1.03 bits per heavy atom. The minimum absolute atomic E-state index is 0.211. The van der Waals surface area contributed by atoms with Crippen LogP contribution in [-0.4, -0.2) is 44.2 Å². The standard InChI is InChI=1S/C22H27N3O5S/c1-16-6-9-18(14-20(16)31(28,29)25-12-4-2-3-5-13-25)24-22(27)17-7-10-19(11-8-17)30-15-21(23)26/h6-11,14H,2-5,12-13,15H2,1H3,(H2,23,26)(H,24,27). The Morgan fingerprint density at radius 2 is 1.68 bits per heavy atom. The van der Waals surface area contributed by atoms with Gasteiger partial charge in [-0.05, 0) is 61.7 Å². The van der Waals surface area contributed by atoms with Crippen LogP contribution in [0.15, 0.2) is 47.4 Å². The Morgan fingerprint density at radius 3 is 2.29 bits per heavy atom. The zero-order chi connectivity index (χ0) is 22.4. The number of ether oxygens (including phenoxy) is 1. The molecule has 2 aromatic carbocycles. The van der Waals surface area contributed by atoms with E-state index < -0.39 is 15.9 Å². The molecular formula is C22H27N3O5S. The van der Waals surface area contributed by atoms with Crippen LogP contribution >= 0.6 is 0 Å². The molecule has 166 valence electrons. The first-order chi connectivity index (χ1) is 14.8. The van der Waals surface area contributed by atoms with Gasteiger partial charge in [-0.25, -0.2) is 8.42 Å². The molecule has 1 aliphatic rings. The van der Waals surface area contributed by atoms with Gasteiger partial charge in [0.1, 0.15) is 5.75 Å². The molecule has 8 nitrogen and oxygen atoms in total. The van der Waals surface area contributed by atoms with Crippen molar-refractivity contribution >= 4 is 27.5 Å². The molecule has 1 saturated heterocycles. The Bertz CT molecular complexity index is 1040. The zero-order valence-electron chi connectivity index (χ0n) is 17.5. The first-order valence-electron chi connectivity index (χ1n) is 10.2. The molecule has 1 aliphatic heterocycles. The number of hydrogen-bond acceptors (Lipinski definition) is 5. The quantitative estimate of drug-likeness (QED) is 0.679. The average Bonchev–Trinajstić information content (AvgIpc) is 3.04. The van der Waals surface area contributed by atoms with Crippen LogP contribution in [0.1, 0.15) is 41.6 Å². The predicted molar refractivity (Wildman–Crippen MR) is 117 cm³/mol. The molecule has 3 rings (SSSR count). The van der Waals surface area contributed by atoms with Gasteiger partial charge in [0.2, 0.25) is 10.0 Å². The summed E-state index contributed by atoms with van der Waals surface area (Å²) in [6.45, 7) is 2.54. The van der Waals surface area contributed by atoms with Gasteiger partial charge >= 0.3 is 0 Å². The van der Waals surface area contributed by atoms with E-state index in [1.165, 1.54) is 6.07 Å². The lowest BCUT2D eigenvalue weighted by Gasteiger charge is -2.21. The molecule has 1 heterocycles. The molecule has 0 aliphatic carbocycles. The minimum atomic E-state index is -3.63. The van der Waals surface area contributed by atoms with Crippen LogP contribution < -0.4 is 15.8 Å². The number of nitrogens with two attached hydrogens (primary N) is 1. The van der Waals surface area contributed by atoms with Crippen LogP contribution in [0.5, 0.6) is 5.75 Å². The molecule has 0 atom stereocenters. The van der Waals surface area contributed by atoms with Crippen molar-refractivity contribution in [3.63, 3.8) is 0 Å². The third-order valence-corrected chi connectivity index (χ3v) is 7.17. The molecule has 0 aromatic heterocycles. The molecule has 0 unspecified atom stereocenters. The number of rotatable bonds is 7. The fourth-order valence-electron chi connectivity index (χ4n) is 3.44. The van der Waals surface area contributed by atoms with Gasteiger partial charge < -0.3 is 15.8 Å². The van der Waals surface area contributed by atoms with Crippen LogP contribution in [0.3, 0.4) is 0 Å². The van der Waals surface area contributed by atoms with E-state index in [1.807, 2.05) is 0 Å². The van der Waals surface area contributed by atoms with Crippen molar-refractivity contribution in [2.75, 3.05) is 25.0 Å². The van der Waals surface area contributed by atoms with E-state index in [2.05, 4.69) is 5.32 Å². The topological polar surface area (TPSA) is 119 Å². The van der Waals surface area contributed by atoms with E-state index >= 15 is 0 Å². The van der Waals surface area contributed by atoms with E-state index in [0.717, 1.165) is 25.7 Å². The number of carbonyl (C=O) groups excluding carboxylic acids is 2. The van der Waals surface area contributed by atoms with Gasteiger partial charge in [-0.1, -0.05) is 18.9 Å². The van der Waals surface area contributed by atoms with Crippen LogP contribution in [0.4, 0.5) is 5.69 Å². The number of amides is 2.